The van der Waals surface area contributed by atoms with Crippen molar-refractivity contribution in [1.29, 1.82) is 0 Å². The van der Waals surface area contributed by atoms with E-state index in [1.54, 1.807) is 24.0 Å². The molecule has 1 aromatic rings. The first-order valence-corrected chi connectivity index (χ1v) is 8.58. The number of phenolic OH excluding ortho intramolecular Hbond substituents is 1. The lowest BCUT2D eigenvalue weighted by atomic mass is 9.96. The van der Waals surface area contributed by atoms with E-state index in [1.807, 2.05) is 0 Å². The number of aromatic hydroxyl groups is 1. The van der Waals surface area contributed by atoms with Crippen molar-refractivity contribution in [3.63, 3.8) is 0 Å². The van der Waals surface area contributed by atoms with Gasteiger partial charge in [0.1, 0.15) is 5.75 Å². The highest BCUT2D eigenvalue weighted by molar-refractivity contribution is 5.95. The molecule has 0 radical (unpaired) electrons. The molecule has 0 unspecified atom stereocenters. The van der Waals surface area contributed by atoms with Crippen LogP contribution in [0.2, 0.25) is 0 Å². The average Bonchev–Trinajstić information content (AvgIpc) is 3.00. The van der Waals surface area contributed by atoms with Crippen LogP contribution in [-0.2, 0) is 4.74 Å². The highest BCUT2D eigenvalue weighted by atomic mass is 16.5. The number of aryl methyl sites for hydroxylation is 1. The molecule has 2 saturated heterocycles. The van der Waals surface area contributed by atoms with Crippen molar-refractivity contribution < 1.29 is 19.7 Å². The third-order valence-corrected chi connectivity index (χ3v) is 5.15. The molecule has 2 fully saturated rings. The highest BCUT2D eigenvalue weighted by Gasteiger charge is 2.36. The molecule has 132 valence electrons. The number of rotatable bonds is 4. The molecule has 0 bridgehead atoms. The molecule has 0 saturated carbocycles. The van der Waals surface area contributed by atoms with Gasteiger partial charge in [-0.25, -0.2) is 0 Å². The largest absolute Gasteiger partial charge is 0.508 e. The number of aliphatic hydroxyl groups excluding tert-OH is 1. The van der Waals surface area contributed by atoms with Crippen LogP contribution < -0.4 is 0 Å². The Bertz CT molecular complexity index is 586. The van der Waals surface area contributed by atoms with Crippen molar-refractivity contribution in [2.75, 3.05) is 52.5 Å². The maximum Gasteiger partial charge on any atom is 0.254 e. The summed E-state index contributed by atoms with van der Waals surface area (Å²) in [7, 11) is 0. The lowest BCUT2D eigenvalue weighted by Crippen LogP contribution is -2.41. The van der Waals surface area contributed by atoms with Crippen LogP contribution in [0.3, 0.4) is 0 Å². The van der Waals surface area contributed by atoms with Gasteiger partial charge in [0.05, 0.1) is 13.2 Å². The van der Waals surface area contributed by atoms with Gasteiger partial charge < -0.3 is 19.8 Å². The summed E-state index contributed by atoms with van der Waals surface area (Å²) in [5, 5.41) is 19.5. The van der Waals surface area contributed by atoms with Crippen LogP contribution in [0.25, 0.3) is 0 Å². The lowest BCUT2D eigenvalue weighted by Gasteiger charge is -2.30. The van der Waals surface area contributed by atoms with Gasteiger partial charge in [0.15, 0.2) is 0 Å². The Morgan fingerprint density at radius 2 is 1.96 bits per heavy atom. The average molecular weight is 334 g/mol. The lowest BCUT2D eigenvalue weighted by molar-refractivity contribution is 0.0264. The maximum absolute atomic E-state index is 12.7. The minimum atomic E-state index is -0.0757. The van der Waals surface area contributed by atoms with Crippen LogP contribution in [-0.4, -0.2) is 78.5 Å². The first-order chi connectivity index (χ1) is 11.6. The molecule has 2 aliphatic rings. The first-order valence-electron chi connectivity index (χ1n) is 8.58. The molecule has 24 heavy (non-hydrogen) atoms. The zero-order chi connectivity index (χ0) is 17.1. The number of benzene rings is 1. The van der Waals surface area contributed by atoms with Gasteiger partial charge in [-0.05, 0) is 30.5 Å². The molecule has 0 aliphatic carbocycles. The number of phenols is 1. The Morgan fingerprint density at radius 1 is 1.25 bits per heavy atom. The van der Waals surface area contributed by atoms with Crippen LogP contribution in [0.1, 0.15) is 15.9 Å². The summed E-state index contributed by atoms with van der Waals surface area (Å²) >= 11 is 0. The SMILES string of the molecule is Cc1ccc(C(=O)N2C[C@@H](CO)[C@@H](CN3CCOCC3)C2)cc1O. The van der Waals surface area contributed by atoms with Crippen molar-refractivity contribution >= 4 is 5.91 Å². The van der Waals surface area contributed by atoms with Crippen LogP contribution in [0.4, 0.5) is 0 Å². The number of likely N-dealkylation sites (tertiary alicyclic amines) is 1. The summed E-state index contributed by atoms with van der Waals surface area (Å²) < 4.78 is 5.38. The quantitative estimate of drug-likeness (QED) is 0.849. The van der Waals surface area contributed by atoms with Gasteiger partial charge in [0.2, 0.25) is 0 Å². The number of hydrogen-bond acceptors (Lipinski definition) is 5. The Morgan fingerprint density at radius 3 is 2.62 bits per heavy atom. The van der Waals surface area contributed by atoms with Crippen LogP contribution in [0, 0.1) is 18.8 Å². The Kier molecular flexibility index (Phi) is 5.38. The second kappa shape index (κ2) is 7.51. The maximum atomic E-state index is 12.7. The normalized spacial score (nSPS) is 25.2. The fraction of sp³-hybridized carbons (Fsp3) is 0.611. The van der Waals surface area contributed by atoms with E-state index in [0.717, 1.165) is 38.4 Å². The summed E-state index contributed by atoms with van der Waals surface area (Å²) in [4.78, 5) is 16.9. The van der Waals surface area contributed by atoms with Crippen LogP contribution >= 0.6 is 0 Å². The molecule has 2 atom stereocenters. The van der Waals surface area contributed by atoms with Gasteiger partial charge in [0, 0.05) is 50.8 Å². The van der Waals surface area contributed by atoms with Crippen molar-refractivity contribution in [2.24, 2.45) is 11.8 Å². The fourth-order valence-corrected chi connectivity index (χ4v) is 3.56. The van der Waals surface area contributed by atoms with E-state index in [-0.39, 0.29) is 30.1 Å². The summed E-state index contributed by atoms with van der Waals surface area (Å²) in [6.07, 6.45) is 0. The summed E-state index contributed by atoms with van der Waals surface area (Å²) in [6.45, 7) is 7.33. The van der Waals surface area contributed by atoms with Gasteiger partial charge in [-0.1, -0.05) is 6.07 Å². The first kappa shape index (κ1) is 17.2. The zero-order valence-corrected chi connectivity index (χ0v) is 14.1. The van der Waals surface area contributed by atoms with Gasteiger partial charge >= 0.3 is 0 Å². The van der Waals surface area contributed by atoms with Gasteiger partial charge in [-0.15, -0.1) is 0 Å². The molecular formula is C18H26N2O4. The summed E-state index contributed by atoms with van der Waals surface area (Å²) in [6, 6.07) is 5.04. The van der Waals surface area contributed by atoms with E-state index >= 15 is 0 Å². The van der Waals surface area contributed by atoms with E-state index in [0.29, 0.717) is 18.7 Å². The second-order valence-electron chi connectivity index (χ2n) is 6.83. The number of hydrogen-bond donors (Lipinski definition) is 2. The monoisotopic (exact) mass is 334 g/mol. The minimum absolute atomic E-state index is 0.0757. The van der Waals surface area contributed by atoms with E-state index < -0.39 is 0 Å². The topological polar surface area (TPSA) is 73.2 Å². The number of nitrogens with zero attached hydrogens (tertiary/aromatic N) is 2. The highest BCUT2D eigenvalue weighted by Crippen LogP contribution is 2.27. The molecule has 0 spiro atoms. The Labute approximate surface area is 142 Å². The zero-order valence-electron chi connectivity index (χ0n) is 14.1. The minimum Gasteiger partial charge on any atom is -0.508 e. The molecule has 1 amide bonds. The van der Waals surface area contributed by atoms with Gasteiger partial charge in [-0.2, -0.15) is 0 Å². The number of morpholine rings is 1. The fourth-order valence-electron chi connectivity index (χ4n) is 3.56. The van der Waals surface area contributed by atoms with Crippen molar-refractivity contribution in [3.05, 3.63) is 29.3 Å². The standard InChI is InChI=1S/C18H26N2O4/c1-13-2-3-14(8-17(13)22)18(23)20-10-15(16(11-20)12-21)9-19-4-6-24-7-5-19/h2-3,8,15-16,21-22H,4-7,9-12H2,1H3/t15-,16-/m0/s1. The molecule has 2 heterocycles. The molecule has 2 N–H and O–H groups in total. The smallest absolute Gasteiger partial charge is 0.254 e. The molecule has 3 rings (SSSR count). The van der Waals surface area contributed by atoms with E-state index in [1.165, 1.54) is 6.07 Å². The number of carbonyl (C=O) groups is 1. The third-order valence-electron chi connectivity index (χ3n) is 5.15. The number of ether oxygens (including phenoxy) is 1. The van der Waals surface area contributed by atoms with Gasteiger partial charge in [0.25, 0.3) is 5.91 Å². The number of aliphatic hydroxyl groups is 1. The third kappa shape index (κ3) is 3.71. The van der Waals surface area contributed by atoms with E-state index in [4.69, 9.17) is 4.74 Å². The molecular weight excluding hydrogens is 308 g/mol. The number of amides is 1. The molecule has 1 aromatic carbocycles. The summed E-state index contributed by atoms with van der Waals surface area (Å²) in [5.74, 6) is 0.448. The summed E-state index contributed by atoms with van der Waals surface area (Å²) in [5.41, 5.74) is 1.26. The predicted molar refractivity (Wildman–Crippen MR) is 90.1 cm³/mol. The molecule has 6 heteroatoms. The van der Waals surface area contributed by atoms with E-state index in [9.17, 15) is 15.0 Å². The number of carbonyl (C=O) groups excluding carboxylic acids is 1. The Balaban J connectivity index is 1.66. The van der Waals surface area contributed by atoms with Crippen LogP contribution in [0.15, 0.2) is 18.2 Å². The Hall–Kier alpha value is -1.63. The molecule has 2 aliphatic heterocycles. The molecule has 0 aromatic heterocycles. The molecule has 6 nitrogen and oxygen atoms in total. The van der Waals surface area contributed by atoms with Gasteiger partial charge in [-0.3, -0.25) is 9.69 Å². The van der Waals surface area contributed by atoms with Crippen molar-refractivity contribution in [3.8, 4) is 5.75 Å². The van der Waals surface area contributed by atoms with Crippen molar-refractivity contribution in [1.82, 2.24) is 9.80 Å². The van der Waals surface area contributed by atoms with E-state index in [2.05, 4.69) is 4.90 Å². The predicted octanol–water partition coefficient (Wildman–Crippen LogP) is 0.713. The van der Waals surface area contributed by atoms with Crippen molar-refractivity contribution in [2.45, 2.75) is 6.92 Å². The van der Waals surface area contributed by atoms with Crippen LogP contribution in [0.5, 0.6) is 5.75 Å². The second-order valence-corrected chi connectivity index (χ2v) is 6.83.